The molecule has 1 N–H and O–H groups in total. The van der Waals surface area contributed by atoms with Crippen LogP contribution in [0.15, 0.2) is 41.0 Å². The molecule has 0 saturated heterocycles. The lowest BCUT2D eigenvalue weighted by atomic mass is 10.1. The Morgan fingerprint density at radius 3 is 2.86 bits per heavy atom. The first kappa shape index (κ1) is 15.2. The molecule has 112 valence electrons. The van der Waals surface area contributed by atoms with Gasteiger partial charge < -0.3 is 14.5 Å². The fraction of sp³-hybridized carbons (Fsp3) is 0.353. The van der Waals surface area contributed by atoms with Crippen molar-refractivity contribution in [2.75, 3.05) is 13.2 Å². The van der Waals surface area contributed by atoms with E-state index in [0.717, 1.165) is 29.9 Å². The number of amides is 1. The molecule has 2 aromatic rings. The summed E-state index contributed by atoms with van der Waals surface area (Å²) in [6.45, 7) is 5.14. The summed E-state index contributed by atoms with van der Waals surface area (Å²) in [5.41, 5.74) is 1.63. The van der Waals surface area contributed by atoms with Gasteiger partial charge in [-0.2, -0.15) is 0 Å². The molecule has 4 heteroatoms. The zero-order valence-electron chi connectivity index (χ0n) is 12.5. The second kappa shape index (κ2) is 7.53. The molecule has 0 radical (unpaired) electrons. The van der Waals surface area contributed by atoms with Crippen molar-refractivity contribution in [1.82, 2.24) is 5.32 Å². The standard InChI is InChI=1S/C17H21NO3/c1-3-20-16-9-8-14(12-13(16)2)17(19)18-10-4-6-15-7-5-11-21-15/h5,7-9,11-12H,3-4,6,10H2,1-2H3,(H,18,19). The van der Waals surface area contributed by atoms with Crippen LogP contribution in [0.25, 0.3) is 0 Å². The molecule has 0 aliphatic rings. The monoisotopic (exact) mass is 287 g/mol. The van der Waals surface area contributed by atoms with Crippen LogP contribution >= 0.6 is 0 Å². The van der Waals surface area contributed by atoms with E-state index in [1.165, 1.54) is 0 Å². The number of furan rings is 1. The lowest BCUT2D eigenvalue weighted by Crippen LogP contribution is -2.24. The predicted molar refractivity (Wildman–Crippen MR) is 81.7 cm³/mol. The Hall–Kier alpha value is -2.23. The van der Waals surface area contributed by atoms with Crippen LogP contribution in [0.1, 0.15) is 35.0 Å². The Morgan fingerprint density at radius 1 is 1.33 bits per heavy atom. The van der Waals surface area contributed by atoms with E-state index in [4.69, 9.17) is 9.15 Å². The Kier molecular flexibility index (Phi) is 5.43. The molecule has 0 spiro atoms. The van der Waals surface area contributed by atoms with Gasteiger partial charge in [0.1, 0.15) is 11.5 Å². The van der Waals surface area contributed by atoms with Crippen LogP contribution in [-0.2, 0) is 6.42 Å². The predicted octanol–water partition coefficient (Wildman–Crippen LogP) is 3.35. The van der Waals surface area contributed by atoms with Crippen molar-refractivity contribution in [2.45, 2.75) is 26.7 Å². The van der Waals surface area contributed by atoms with Crippen LogP contribution in [-0.4, -0.2) is 19.1 Å². The van der Waals surface area contributed by atoms with Crippen LogP contribution < -0.4 is 10.1 Å². The van der Waals surface area contributed by atoms with Crippen molar-refractivity contribution < 1.29 is 13.9 Å². The van der Waals surface area contributed by atoms with Crippen LogP contribution in [0.3, 0.4) is 0 Å². The van der Waals surface area contributed by atoms with Gasteiger partial charge in [0, 0.05) is 18.5 Å². The van der Waals surface area contributed by atoms with Crippen LogP contribution in [0, 0.1) is 6.92 Å². The molecule has 0 bridgehead atoms. The lowest BCUT2D eigenvalue weighted by Gasteiger charge is -2.09. The summed E-state index contributed by atoms with van der Waals surface area (Å²) in [6, 6.07) is 9.30. The van der Waals surface area contributed by atoms with Gasteiger partial charge in [-0.3, -0.25) is 4.79 Å². The number of hydrogen-bond acceptors (Lipinski definition) is 3. The van der Waals surface area contributed by atoms with Crippen molar-refractivity contribution in [1.29, 1.82) is 0 Å². The van der Waals surface area contributed by atoms with E-state index in [-0.39, 0.29) is 5.91 Å². The molecular weight excluding hydrogens is 266 g/mol. The second-order valence-corrected chi connectivity index (χ2v) is 4.85. The van der Waals surface area contributed by atoms with Gasteiger partial charge in [0.05, 0.1) is 12.9 Å². The maximum atomic E-state index is 12.1. The van der Waals surface area contributed by atoms with Gasteiger partial charge in [-0.25, -0.2) is 0 Å². The fourth-order valence-corrected chi connectivity index (χ4v) is 2.13. The van der Waals surface area contributed by atoms with E-state index in [1.807, 2.05) is 38.1 Å². The lowest BCUT2D eigenvalue weighted by molar-refractivity contribution is 0.0953. The first-order valence-corrected chi connectivity index (χ1v) is 7.24. The van der Waals surface area contributed by atoms with Crippen LogP contribution in [0.5, 0.6) is 5.75 Å². The molecule has 0 atom stereocenters. The van der Waals surface area contributed by atoms with E-state index in [1.54, 1.807) is 12.3 Å². The summed E-state index contributed by atoms with van der Waals surface area (Å²) >= 11 is 0. The third kappa shape index (κ3) is 4.38. The van der Waals surface area contributed by atoms with E-state index < -0.39 is 0 Å². The first-order valence-electron chi connectivity index (χ1n) is 7.24. The summed E-state index contributed by atoms with van der Waals surface area (Å²) in [7, 11) is 0. The molecule has 1 aromatic heterocycles. The molecule has 2 rings (SSSR count). The number of nitrogens with one attached hydrogen (secondary N) is 1. The highest BCUT2D eigenvalue weighted by atomic mass is 16.5. The number of hydrogen-bond donors (Lipinski definition) is 1. The zero-order chi connectivity index (χ0) is 15.1. The van der Waals surface area contributed by atoms with E-state index in [9.17, 15) is 4.79 Å². The minimum absolute atomic E-state index is 0.0550. The van der Waals surface area contributed by atoms with Gasteiger partial charge in [-0.15, -0.1) is 0 Å². The number of aryl methyl sites for hydroxylation is 2. The topological polar surface area (TPSA) is 51.5 Å². The number of benzene rings is 1. The largest absolute Gasteiger partial charge is 0.494 e. The molecule has 0 aliphatic carbocycles. The number of ether oxygens (including phenoxy) is 1. The summed E-state index contributed by atoms with van der Waals surface area (Å²) < 4.78 is 10.7. The molecule has 0 fully saturated rings. The Balaban J connectivity index is 1.81. The molecule has 0 unspecified atom stereocenters. The number of rotatable bonds is 7. The van der Waals surface area contributed by atoms with Crippen molar-refractivity contribution in [3.8, 4) is 5.75 Å². The minimum Gasteiger partial charge on any atom is -0.494 e. The zero-order valence-corrected chi connectivity index (χ0v) is 12.5. The van der Waals surface area contributed by atoms with Crippen molar-refractivity contribution >= 4 is 5.91 Å². The fourth-order valence-electron chi connectivity index (χ4n) is 2.13. The smallest absolute Gasteiger partial charge is 0.251 e. The minimum atomic E-state index is -0.0550. The Morgan fingerprint density at radius 2 is 2.19 bits per heavy atom. The normalized spacial score (nSPS) is 10.4. The highest BCUT2D eigenvalue weighted by Gasteiger charge is 2.08. The second-order valence-electron chi connectivity index (χ2n) is 4.85. The van der Waals surface area contributed by atoms with Crippen LogP contribution in [0.4, 0.5) is 0 Å². The van der Waals surface area contributed by atoms with Crippen molar-refractivity contribution in [3.63, 3.8) is 0 Å². The molecule has 1 amide bonds. The third-order valence-corrected chi connectivity index (χ3v) is 3.20. The third-order valence-electron chi connectivity index (χ3n) is 3.20. The SMILES string of the molecule is CCOc1ccc(C(=O)NCCCc2ccco2)cc1C. The van der Waals surface area contributed by atoms with Gasteiger partial charge in [0.15, 0.2) is 0 Å². The van der Waals surface area contributed by atoms with E-state index >= 15 is 0 Å². The quantitative estimate of drug-likeness (QED) is 0.794. The molecule has 1 aromatic carbocycles. The molecular formula is C17H21NO3. The Labute approximate surface area is 125 Å². The van der Waals surface area contributed by atoms with Gasteiger partial charge >= 0.3 is 0 Å². The van der Waals surface area contributed by atoms with Gasteiger partial charge in [-0.1, -0.05) is 0 Å². The van der Waals surface area contributed by atoms with Crippen molar-refractivity contribution in [3.05, 3.63) is 53.5 Å². The average molecular weight is 287 g/mol. The highest BCUT2D eigenvalue weighted by molar-refractivity contribution is 5.94. The molecule has 0 aliphatic heterocycles. The van der Waals surface area contributed by atoms with Crippen molar-refractivity contribution in [2.24, 2.45) is 0 Å². The number of carbonyl (C=O) groups is 1. The summed E-state index contributed by atoms with van der Waals surface area (Å²) in [5, 5.41) is 2.92. The van der Waals surface area contributed by atoms with Gasteiger partial charge in [-0.05, 0) is 56.2 Å². The molecule has 21 heavy (non-hydrogen) atoms. The molecule has 1 heterocycles. The first-order chi connectivity index (χ1) is 10.2. The molecule has 0 saturated carbocycles. The maximum Gasteiger partial charge on any atom is 0.251 e. The van der Waals surface area contributed by atoms with Gasteiger partial charge in [0.2, 0.25) is 0 Å². The molecule has 4 nitrogen and oxygen atoms in total. The average Bonchev–Trinajstić information content (AvgIpc) is 2.99. The van der Waals surface area contributed by atoms with E-state index in [2.05, 4.69) is 5.32 Å². The maximum absolute atomic E-state index is 12.1. The summed E-state index contributed by atoms with van der Waals surface area (Å²) in [6.07, 6.45) is 3.35. The highest BCUT2D eigenvalue weighted by Crippen LogP contribution is 2.19. The summed E-state index contributed by atoms with van der Waals surface area (Å²) in [5.74, 6) is 1.72. The van der Waals surface area contributed by atoms with Crippen LogP contribution in [0.2, 0.25) is 0 Å². The Bertz CT molecular complexity index is 576. The van der Waals surface area contributed by atoms with Gasteiger partial charge in [0.25, 0.3) is 5.91 Å². The number of carbonyl (C=O) groups excluding carboxylic acids is 1. The summed E-state index contributed by atoms with van der Waals surface area (Å²) in [4.78, 5) is 12.1. The van der Waals surface area contributed by atoms with E-state index in [0.29, 0.717) is 18.7 Å².